The summed E-state index contributed by atoms with van der Waals surface area (Å²) in [5.41, 5.74) is 0.625. The van der Waals surface area contributed by atoms with E-state index in [-0.39, 0.29) is 31.6 Å². The fraction of sp³-hybridized carbons (Fsp3) is 0.579. The van der Waals surface area contributed by atoms with E-state index in [1.165, 1.54) is 10.7 Å². The molecule has 1 unspecified atom stereocenters. The molecular formula is C19H24F2N4O3. The number of aromatic nitrogens is 3. The van der Waals surface area contributed by atoms with Gasteiger partial charge >= 0.3 is 6.09 Å². The quantitative estimate of drug-likeness (QED) is 0.794. The predicted octanol–water partition coefficient (Wildman–Crippen LogP) is 3.93. The topological polar surface area (TPSA) is 85.6 Å². The summed E-state index contributed by atoms with van der Waals surface area (Å²) in [6.07, 6.45) is 3.13. The summed E-state index contributed by atoms with van der Waals surface area (Å²) < 4.78 is 34.0. The molecule has 0 radical (unpaired) electrons. The molecule has 0 aromatic carbocycles. The van der Waals surface area contributed by atoms with Gasteiger partial charge in [-0.3, -0.25) is 4.79 Å². The second-order valence-corrected chi connectivity index (χ2v) is 8.19. The van der Waals surface area contributed by atoms with Crippen molar-refractivity contribution in [3.63, 3.8) is 0 Å². The number of alkyl carbamates (subject to hydrolysis) is 1. The Morgan fingerprint density at radius 1 is 1.39 bits per heavy atom. The van der Waals surface area contributed by atoms with Crippen molar-refractivity contribution in [3.8, 4) is 0 Å². The molecule has 0 bridgehead atoms. The van der Waals surface area contributed by atoms with Gasteiger partial charge in [-0.1, -0.05) is 0 Å². The van der Waals surface area contributed by atoms with Crippen LogP contribution in [0.4, 0.5) is 13.6 Å². The van der Waals surface area contributed by atoms with Crippen LogP contribution < -0.4 is 5.32 Å². The molecule has 1 atom stereocenters. The Bertz CT molecular complexity index is 866. The van der Waals surface area contributed by atoms with Gasteiger partial charge in [0.15, 0.2) is 11.9 Å². The number of nitrogens with zero attached hydrogens (tertiary/aromatic N) is 3. The van der Waals surface area contributed by atoms with Gasteiger partial charge in [-0.15, -0.1) is 0 Å². The number of hydrogen-bond donors (Lipinski definition) is 1. The molecule has 3 rings (SSSR count). The maximum absolute atomic E-state index is 13.6. The number of nitrogens with one attached hydrogen (secondary N) is 1. The molecule has 1 amide bonds. The smallest absolute Gasteiger partial charge is 0.408 e. The molecule has 2 heterocycles. The number of hydrogen-bond acceptors (Lipinski definition) is 5. The average molecular weight is 394 g/mol. The first-order chi connectivity index (χ1) is 13.1. The lowest BCUT2D eigenvalue weighted by Gasteiger charge is -2.33. The van der Waals surface area contributed by atoms with Crippen LogP contribution in [0.15, 0.2) is 18.5 Å². The number of carbonyl (C=O) groups excluding carboxylic acids is 2. The fourth-order valence-corrected chi connectivity index (χ4v) is 3.39. The molecule has 0 aliphatic heterocycles. The van der Waals surface area contributed by atoms with E-state index in [1.807, 2.05) is 0 Å². The number of fused-ring (bicyclic) bond motifs is 1. The van der Waals surface area contributed by atoms with Crippen LogP contribution in [0, 0.1) is 5.92 Å². The second kappa shape index (κ2) is 7.44. The van der Waals surface area contributed by atoms with E-state index >= 15 is 0 Å². The van der Waals surface area contributed by atoms with E-state index in [0.717, 1.165) is 0 Å². The van der Waals surface area contributed by atoms with Gasteiger partial charge in [0.1, 0.15) is 5.60 Å². The average Bonchev–Trinajstić information content (AvgIpc) is 3.01. The molecule has 0 spiro atoms. The van der Waals surface area contributed by atoms with Gasteiger partial charge in [0.25, 0.3) is 0 Å². The van der Waals surface area contributed by atoms with Gasteiger partial charge in [-0.2, -0.15) is 5.10 Å². The third kappa shape index (κ3) is 4.82. The Balaban J connectivity index is 1.89. The molecule has 1 N–H and O–H groups in total. The fourth-order valence-electron chi connectivity index (χ4n) is 3.39. The standard InChI is InChI=1S/C19H24F2N4O3/c1-18(2,3)28-17(27)24-16(13-4-6-19(20,21)7-5-13)14-10-25-15(23-14)8-12(11-26)9-22-25/h8-11,13,16H,4-7H2,1-3H3,(H,24,27). The summed E-state index contributed by atoms with van der Waals surface area (Å²) in [4.78, 5) is 27.8. The number of imidazole rings is 1. The Labute approximate surface area is 161 Å². The number of rotatable bonds is 4. The molecule has 7 nitrogen and oxygen atoms in total. The number of alkyl halides is 2. The first-order valence-electron chi connectivity index (χ1n) is 9.24. The third-order valence-electron chi connectivity index (χ3n) is 4.72. The van der Waals surface area contributed by atoms with E-state index in [9.17, 15) is 18.4 Å². The summed E-state index contributed by atoms with van der Waals surface area (Å²) in [7, 11) is 0. The first kappa shape index (κ1) is 20.2. The molecule has 0 saturated heterocycles. The van der Waals surface area contributed by atoms with Crippen molar-refractivity contribution in [3.05, 3.63) is 29.7 Å². The lowest BCUT2D eigenvalue weighted by atomic mass is 9.81. The number of aldehydes is 1. The normalized spacial score (nSPS) is 18.6. The monoisotopic (exact) mass is 394 g/mol. The SMILES string of the molecule is CC(C)(C)OC(=O)NC(c1cn2ncc(C=O)cc2n1)C1CCC(F)(F)CC1. The zero-order chi connectivity index (χ0) is 20.5. The molecule has 9 heteroatoms. The molecule has 1 aliphatic carbocycles. The Hall–Kier alpha value is -2.58. The Kier molecular flexibility index (Phi) is 5.36. The zero-order valence-electron chi connectivity index (χ0n) is 16.1. The summed E-state index contributed by atoms with van der Waals surface area (Å²) in [6.45, 7) is 5.25. The van der Waals surface area contributed by atoms with E-state index in [0.29, 0.717) is 23.2 Å². The van der Waals surface area contributed by atoms with E-state index in [1.54, 1.807) is 33.0 Å². The van der Waals surface area contributed by atoms with Crippen molar-refractivity contribution in [1.82, 2.24) is 19.9 Å². The highest BCUT2D eigenvalue weighted by Crippen LogP contribution is 2.41. The highest BCUT2D eigenvalue weighted by atomic mass is 19.3. The van der Waals surface area contributed by atoms with Crippen LogP contribution in [0.3, 0.4) is 0 Å². The minimum Gasteiger partial charge on any atom is -0.444 e. The van der Waals surface area contributed by atoms with Crippen LogP contribution in [-0.2, 0) is 4.74 Å². The van der Waals surface area contributed by atoms with E-state index in [4.69, 9.17) is 4.74 Å². The summed E-state index contributed by atoms with van der Waals surface area (Å²) >= 11 is 0. The van der Waals surface area contributed by atoms with Crippen LogP contribution >= 0.6 is 0 Å². The van der Waals surface area contributed by atoms with E-state index < -0.39 is 23.7 Å². The van der Waals surface area contributed by atoms with Crippen LogP contribution in [0.1, 0.15) is 68.5 Å². The highest BCUT2D eigenvalue weighted by molar-refractivity contribution is 5.76. The summed E-state index contributed by atoms with van der Waals surface area (Å²) in [5.74, 6) is -2.88. The van der Waals surface area contributed by atoms with Crippen molar-refractivity contribution in [2.45, 2.75) is 64.0 Å². The van der Waals surface area contributed by atoms with Crippen LogP contribution in [-0.4, -0.2) is 38.5 Å². The van der Waals surface area contributed by atoms with Crippen molar-refractivity contribution >= 4 is 18.0 Å². The van der Waals surface area contributed by atoms with E-state index in [2.05, 4.69) is 15.4 Å². The first-order valence-corrected chi connectivity index (χ1v) is 9.24. The third-order valence-corrected chi connectivity index (χ3v) is 4.72. The highest BCUT2D eigenvalue weighted by Gasteiger charge is 2.39. The lowest BCUT2D eigenvalue weighted by molar-refractivity contribution is -0.0500. The van der Waals surface area contributed by atoms with Crippen molar-refractivity contribution in [1.29, 1.82) is 0 Å². The summed E-state index contributed by atoms with van der Waals surface area (Å²) in [5, 5.41) is 6.92. The lowest BCUT2D eigenvalue weighted by Crippen LogP contribution is -2.40. The van der Waals surface area contributed by atoms with Gasteiger partial charge in [0.05, 0.1) is 24.1 Å². The number of ether oxygens (including phenoxy) is 1. The van der Waals surface area contributed by atoms with Crippen molar-refractivity contribution < 1.29 is 23.1 Å². The van der Waals surface area contributed by atoms with Gasteiger partial charge in [-0.25, -0.2) is 23.1 Å². The van der Waals surface area contributed by atoms with Crippen LogP contribution in [0.2, 0.25) is 0 Å². The zero-order valence-corrected chi connectivity index (χ0v) is 16.1. The largest absolute Gasteiger partial charge is 0.444 e. The Morgan fingerprint density at radius 2 is 2.07 bits per heavy atom. The van der Waals surface area contributed by atoms with Gasteiger partial charge in [0, 0.05) is 18.4 Å². The minimum atomic E-state index is -2.67. The second-order valence-electron chi connectivity index (χ2n) is 8.19. The van der Waals surface area contributed by atoms with Gasteiger partial charge < -0.3 is 10.1 Å². The molecule has 1 aliphatic rings. The molecule has 152 valence electrons. The predicted molar refractivity (Wildman–Crippen MR) is 97.4 cm³/mol. The maximum atomic E-state index is 13.6. The van der Waals surface area contributed by atoms with Crippen molar-refractivity contribution in [2.24, 2.45) is 5.92 Å². The Morgan fingerprint density at radius 3 is 2.68 bits per heavy atom. The summed E-state index contributed by atoms with van der Waals surface area (Å²) in [6, 6.07) is 0.982. The van der Waals surface area contributed by atoms with Gasteiger partial charge in [0.2, 0.25) is 5.92 Å². The maximum Gasteiger partial charge on any atom is 0.408 e. The van der Waals surface area contributed by atoms with Crippen LogP contribution in [0.25, 0.3) is 5.65 Å². The molecule has 1 saturated carbocycles. The van der Waals surface area contributed by atoms with Crippen LogP contribution in [0.5, 0.6) is 0 Å². The van der Waals surface area contributed by atoms with Gasteiger partial charge in [-0.05, 0) is 45.6 Å². The van der Waals surface area contributed by atoms with Crippen molar-refractivity contribution in [2.75, 3.05) is 0 Å². The minimum absolute atomic E-state index is 0.206. The number of halogens is 2. The molecule has 1 fully saturated rings. The number of amides is 1. The molecule has 28 heavy (non-hydrogen) atoms. The molecular weight excluding hydrogens is 370 g/mol. The number of carbonyl (C=O) groups is 2. The molecule has 2 aromatic rings. The molecule has 2 aromatic heterocycles.